The smallest absolute Gasteiger partial charge is 0.0831 e. The van der Waals surface area contributed by atoms with Crippen LogP contribution in [0.4, 0.5) is 0 Å². The highest BCUT2D eigenvalue weighted by molar-refractivity contribution is 5.37. The SMILES string of the molecule is C=C/C=c1/cc(CO)[nH]/c1=C/C.CC. The van der Waals surface area contributed by atoms with E-state index in [2.05, 4.69) is 11.6 Å². The molecule has 0 aliphatic heterocycles. The Morgan fingerprint density at radius 3 is 2.57 bits per heavy atom. The van der Waals surface area contributed by atoms with E-state index in [1.165, 1.54) is 0 Å². The van der Waals surface area contributed by atoms with Gasteiger partial charge in [0.05, 0.1) is 6.61 Å². The first-order valence-corrected chi connectivity index (χ1v) is 4.89. The summed E-state index contributed by atoms with van der Waals surface area (Å²) in [6.45, 7) is 9.62. The average Bonchev–Trinajstić information content (AvgIpc) is 2.64. The van der Waals surface area contributed by atoms with Crippen LogP contribution < -0.4 is 10.6 Å². The molecule has 0 aliphatic rings. The van der Waals surface area contributed by atoms with Crippen LogP contribution in [0.3, 0.4) is 0 Å². The van der Waals surface area contributed by atoms with Gasteiger partial charge in [0.2, 0.25) is 0 Å². The van der Waals surface area contributed by atoms with Gasteiger partial charge in [-0.05, 0) is 18.2 Å². The molecule has 2 heteroatoms. The predicted molar refractivity (Wildman–Crippen MR) is 62.1 cm³/mol. The summed E-state index contributed by atoms with van der Waals surface area (Å²) in [5.41, 5.74) is 0.830. The number of hydrogen-bond acceptors (Lipinski definition) is 1. The summed E-state index contributed by atoms with van der Waals surface area (Å²) in [5, 5.41) is 10.9. The molecule has 0 amide bonds. The van der Waals surface area contributed by atoms with Gasteiger partial charge in [0.15, 0.2) is 0 Å². The van der Waals surface area contributed by atoms with Gasteiger partial charge in [-0.25, -0.2) is 0 Å². The molecule has 1 heterocycles. The Morgan fingerprint density at radius 1 is 1.50 bits per heavy atom. The van der Waals surface area contributed by atoms with Crippen molar-refractivity contribution in [1.29, 1.82) is 0 Å². The van der Waals surface area contributed by atoms with Crippen LogP contribution in [0, 0.1) is 0 Å². The summed E-state index contributed by atoms with van der Waals surface area (Å²) >= 11 is 0. The maximum absolute atomic E-state index is 8.85. The van der Waals surface area contributed by atoms with Crippen molar-refractivity contribution in [3.63, 3.8) is 0 Å². The first kappa shape index (κ1) is 12.7. The van der Waals surface area contributed by atoms with E-state index in [0.29, 0.717) is 0 Å². The third-order valence-corrected chi connectivity index (χ3v) is 1.69. The fourth-order valence-electron chi connectivity index (χ4n) is 1.14. The Labute approximate surface area is 85.3 Å². The first-order valence-electron chi connectivity index (χ1n) is 4.89. The van der Waals surface area contributed by atoms with E-state index in [1.807, 2.05) is 39.0 Å². The predicted octanol–water partition coefficient (Wildman–Crippen LogP) is 1.30. The summed E-state index contributed by atoms with van der Waals surface area (Å²) in [6.07, 6.45) is 5.61. The topological polar surface area (TPSA) is 36.0 Å². The maximum atomic E-state index is 8.85. The van der Waals surface area contributed by atoms with Gasteiger partial charge in [-0.15, -0.1) is 0 Å². The lowest BCUT2D eigenvalue weighted by molar-refractivity contribution is 0.277. The van der Waals surface area contributed by atoms with Crippen molar-refractivity contribution >= 4 is 12.2 Å². The lowest BCUT2D eigenvalue weighted by Crippen LogP contribution is -2.20. The van der Waals surface area contributed by atoms with Crippen molar-refractivity contribution in [3.8, 4) is 0 Å². The van der Waals surface area contributed by atoms with E-state index in [0.717, 1.165) is 16.3 Å². The van der Waals surface area contributed by atoms with Crippen LogP contribution in [0.15, 0.2) is 18.7 Å². The number of allylic oxidation sites excluding steroid dienone is 1. The fraction of sp³-hybridized carbons (Fsp3) is 0.333. The normalized spacial score (nSPS) is 12.3. The number of aromatic amines is 1. The fourth-order valence-corrected chi connectivity index (χ4v) is 1.14. The summed E-state index contributed by atoms with van der Waals surface area (Å²) in [5.74, 6) is 0. The second kappa shape index (κ2) is 7.15. The Bertz CT molecular complexity index is 374. The van der Waals surface area contributed by atoms with Gasteiger partial charge in [-0.2, -0.15) is 0 Å². The van der Waals surface area contributed by atoms with Gasteiger partial charge in [0, 0.05) is 11.0 Å². The molecule has 14 heavy (non-hydrogen) atoms. The van der Waals surface area contributed by atoms with Crippen molar-refractivity contribution in [2.24, 2.45) is 0 Å². The van der Waals surface area contributed by atoms with E-state index >= 15 is 0 Å². The second-order valence-electron chi connectivity index (χ2n) is 2.51. The van der Waals surface area contributed by atoms with Crippen LogP contribution in [0.1, 0.15) is 26.5 Å². The molecule has 1 aromatic heterocycles. The molecular weight excluding hydrogens is 174 g/mol. The number of aliphatic hydroxyl groups excluding tert-OH is 1. The zero-order valence-electron chi connectivity index (χ0n) is 9.17. The molecule has 0 saturated carbocycles. The zero-order chi connectivity index (χ0) is 11.0. The number of hydrogen-bond donors (Lipinski definition) is 2. The van der Waals surface area contributed by atoms with Crippen molar-refractivity contribution in [2.45, 2.75) is 27.4 Å². The molecule has 0 saturated heterocycles. The third kappa shape index (κ3) is 3.23. The lowest BCUT2D eigenvalue weighted by atomic mass is 10.3. The molecule has 0 unspecified atom stereocenters. The van der Waals surface area contributed by atoms with Gasteiger partial charge in [0.25, 0.3) is 0 Å². The maximum Gasteiger partial charge on any atom is 0.0831 e. The van der Waals surface area contributed by atoms with Crippen LogP contribution in [0.25, 0.3) is 12.2 Å². The first-order chi connectivity index (χ1) is 6.81. The molecule has 2 nitrogen and oxygen atoms in total. The van der Waals surface area contributed by atoms with Gasteiger partial charge >= 0.3 is 0 Å². The molecule has 0 fully saturated rings. The Balaban J connectivity index is 0.000000791. The minimum atomic E-state index is 0.0474. The number of aromatic nitrogens is 1. The van der Waals surface area contributed by atoms with Crippen LogP contribution in [0.2, 0.25) is 0 Å². The average molecular weight is 193 g/mol. The van der Waals surface area contributed by atoms with Gasteiger partial charge in [0.1, 0.15) is 0 Å². The number of rotatable bonds is 2. The number of aliphatic hydroxyl groups is 1. The largest absolute Gasteiger partial charge is 0.390 e. The minimum absolute atomic E-state index is 0.0474. The lowest BCUT2D eigenvalue weighted by Gasteiger charge is -1.82. The molecule has 0 bridgehead atoms. The quantitative estimate of drug-likeness (QED) is 0.729. The van der Waals surface area contributed by atoms with Gasteiger partial charge in [-0.1, -0.05) is 38.7 Å². The Hall–Kier alpha value is -1.28. The van der Waals surface area contributed by atoms with Crippen LogP contribution >= 0.6 is 0 Å². The number of nitrogens with one attached hydrogen (secondary N) is 1. The zero-order valence-corrected chi connectivity index (χ0v) is 9.17. The van der Waals surface area contributed by atoms with Crippen molar-refractivity contribution in [2.75, 3.05) is 0 Å². The molecule has 1 aromatic rings. The van der Waals surface area contributed by atoms with Crippen molar-refractivity contribution in [1.82, 2.24) is 4.98 Å². The van der Waals surface area contributed by atoms with E-state index in [9.17, 15) is 0 Å². The van der Waals surface area contributed by atoms with Crippen LogP contribution in [0.5, 0.6) is 0 Å². The highest BCUT2D eigenvalue weighted by Gasteiger charge is 1.91. The standard InChI is InChI=1S/C10H13NO.C2H6/c1-3-5-8-6-9(7-12)11-10(8)4-2;1-2/h3-6,11-12H,1,7H2,2H3;1-2H3/b8-5-,10-4+;. The third-order valence-electron chi connectivity index (χ3n) is 1.69. The summed E-state index contributed by atoms with van der Waals surface area (Å²) in [4.78, 5) is 3.08. The monoisotopic (exact) mass is 193 g/mol. The molecular formula is C12H19NO. The summed E-state index contributed by atoms with van der Waals surface area (Å²) in [6, 6.07) is 1.91. The van der Waals surface area contributed by atoms with Crippen LogP contribution in [-0.4, -0.2) is 10.1 Å². The molecule has 0 aliphatic carbocycles. The second-order valence-corrected chi connectivity index (χ2v) is 2.51. The molecule has 2 N–H and O–H groups in total. The van der Waals surface area contributed by atoms with Gasteiger partial charge in [-0.3, -0.25) is 0 Å². The number of H-pyrrole nitrogens is 1. The molecule has 1 rings (SSSR count). The highest BCUT2D eigenvalue weighted by atomic mass is 16.3. The molecule has 0 radical (unpaired) electrons. The highest BCUT2D eigenvalue weighted by Crippen LogP contribution is 1.84. The van der Waals surface area contributed by atoms with Crippen molar-refractivity contribution in [3.05, 3.63) is 35.0 Å². The van der Waals surface area contributed by atoms with E-state index in [1.54, 1.807) is 6.08 Å². The summed E-state index contributed by atoms with van der Waals surface area (Å²) in [7, 11) is 0. The summed E-state index contributed by atoms with van der Waals surface area (Å²) < 4.78 is 0. The Kier molecular flexibility index (Phi) is 6.50. The molecule has 0 atom stereocenters. The van der Waals surface area contributed by atoms with Crippen LogP contribution in [-0.2, 0) is 6.61 Å². The molecule has 0 spiro atoms. The van der Waals surface area contributed by atoms with Crippen molar-refractivity contribution < 1.29 is 5.11 Å². The van der Waals surface area contributed by atoms with E-state index in [4.69, 9.17) is 5.11 Å². The molecule has 0 aromatic carbocycles. The van der Waals surface area contributed by atoms with Gasteiger partial charge < -0.3 is 10.1 Å². The molecule has 78 valence electrons. The minimum Gasteiger partial charge on any atom is -0.390 e. The van der Waals surface area contributed by atoms with E-state index < -0.39 is 0 Å². The Morgan fingerprint density at radius 2 is 2.14 bits per heavy atom. The van der Waals surface area contributed by atoms with E-state index in [-0.39, 0.29) is 6.61 Å².